The molecule has 25 heavy (non-hydrogen) atoms. The van der Waals surface area contributed by atoms with E-state index < -0.39 is 11.5 Å². The molecule has 0 aliphatic carbocycles. The lowest BCUT2D eigenvalue weighted by Crippen LogP contribution is -2.27. The van der Waals surface area contributed by atoms with Crippen LogP contribution in [0, 0.1) is 0 Å². The van der Waals surface area contributed by atoms with Crippen LogP contribution < -0.4 is 10.9 Å². The third-order valence-corrected chi connectivity index (χ3v) is 4.00. The highest BCUT2D eigenvalue weighted by Gasteiger charge is 2.22. The molecule has 128 valence electrons. The SMILES string of the molecule is Cn1nnnc1NC(=O)c1nn(C)c(=O)c(-c2ccc(Cl)cc2)c1Cl. The molecule has 0 bridgehead atoms. The maximum atomic E-state index is 12.5. The molecule has 0 saturated carbocycles. The van der Waals surface area contributed by atoms with Gasteiger partial charge in [0.1, 0.15) is 0 Å². The Kier molecular flexibility index (Phi) is 4.51. The molecular weight excluding hydrogens is 369 g/mol. The predicted octanol–water partition coefficient (Wildman–Crippen LogP) is 1.53. The average Bonchev–Trinajstić information content (AvgIpc) is 2.97. The summed E-state index contributed by atoms with van der Waals surface area (Å²) in [4.78, 5) is 24.9. The number of rotatable bonds is 3. The predicted molar refractivity (Wildman–Crippen MR) is 91.7 cm³/mol. The average molecular weight is 380 g/mol. The summed E-state index contributed by atoms with van der Waals surface area (Å²) in [7, 11) is 2.99. The van der Waals surface area contributed by atoms with Gasteiger partial charge >= 0.3 is 0 Å². The maximum absolute atomic E-state index is 12.5. The summed E-state index contributed by atoms with van der Waals surface area (Å²) in [5.41, 5.74) is 0.102. The number of anilines is 1. The number of aromatic nitrogens is 6. The molecule has 0 spiro atoms. The Hall–Kier alpha value is -2.78. The number of nitrogens with one attached hydrogen (secondary N) is 1. The van der Waals surface area contributed by atoms with E-state index in [2.05, 4.69) is 25.9 Å². The van der Waals surface area contributed by atoms with Crippen molar-refractivity contribution in [3.05, 3.63) is 50.4 Å². The fourth-order valence-electron chi connectivity index (χ4n) is 2.12. The van der Waals surface area contributed by atoms with E-state index in [0.29, 0.717) is 10.6 Å². The molecule has 0 aliphatic rings. The number of tetrazole rings is 1. The molecule has 3 aromatic rings. The van der Waals surface area contributed by atoms with Gasteiger partial charge in [-0.25, -0.2) is 9.36 Å². The Labute approximate surface area is 151 Å². The van der Waals surface area contributed by atoms with Gasteiger partial charge in [0.25, 0.3) is 11.5 Å². The highest BCUT2D eigenvalue weighted by atomic mass is 35.5. The van der Waals surface area contributed by atoms with E-state index in [9.17, 15) is 9.59 Å². The molecule has 1 N–H and O–H groups in total. The number of amides is 1. The second-order valence-corrected chi connectivity index (χ2v) is 5.87. The first-order valence-electron chi connectivity index (χ1n) is 6.95. The smallest absolute Gasteiger partial charge is 0.280 e. The molecule has 2 heterocycles. The first kappa shape index (κ1) is 17.1. The molecule has 11 heteroatoms. The minimum absolute atomic E-state index is 0.0712. The Bertz CT molecular complexity index is 1010. The number of nitrogens with zero attached hydrogens (tertiary/aromatic N) is 6. The van der Waals surface area contributed by atoms with Crippen LogP contribution in [0.3, 0.4) is 0 Å². The van der Waals surface area contributed by atoms with Gasteiger partial charge < -0.3 is 0 Å². The first-order valence-corrected chi connectivity index (χ1v) is 7.70. The summed E-state index contributed by atoms with van der Waals surface area (Å²) in [5.74, 6) is -0.529. The van der Waals surface area contributed by atoms with E-state index >= 15 is 0 Å². The van der Waals surface area contributed by atoms with Crippen molar-refractivity contribution in [2.24, 2.45) is 14.1 Å². The van der Waals surface area contributed by atoms with Gasteiger partial charge in [0.15, 0.2) is 5.69 Å². The quantitative estimate of drug-likeness (QED) is 0.739. The van der Waals surface area contributed by atoms with Crippen LogP contribution in [-0.4, -0.2) is 35.9 Å². The molecule has 0 saturated heterocycles. The van der Waals surface area contributed by atoms with Crippen molar-refractivity contribution in [3.8, 4) is 11.1 Å². The third kappa shape index (κ3) is 3.24. The molecule has 0 fully saturated rings. The first-order chi connectivity index (χ1) is 11.9. The molecule has 9 nitrogen and oxygen atoms in total. The molecule has 0 unspecified atom stereocenters. The van der Waals surface area contributed by atoms with Crippen LogP contribution in [0.2, 0.25) is 10.0 Å². The molecule has 1 amide bonds. The van der Waals surface area contributed by atoms with Crippen LogP contribution in [0.15, 0.2) is 29.1 Å². The molecule has 1 aromatic carbocycles. The molecule has 0 aliphatic heterocycles. The summed E-state index contributed by atoms with van der Waals surface area (Å²) < 4.78 is 2.31. The maximum Gasteiger partial charge on any atom is 0.280 e. The van der Waals surface area contributed by atoms with E-state index in [0.717, 1.165) is 4.68 Å². The lowest BCUT2D eigenvalue weighted by Gasteiger charge is -2.11. The highest BCUT2D eigenvalue weighted by Crippen LogP contribution is 2.27. The second kappa shape index (κ2) is 6.61. The zero-order valence-corrected chi connectivity index (χ0v) is 14.6. The second-order valence-electron chi connectivity index (χ2n) is 5.05. The van der Waals surface area contributed by atoms with Crippen molar-refractivity contribution < 1.29 is 4.79 Å². The van der Waals surface area contributed by atoms with Crippen LogP contribution in [0.25, 0.3) is 11.1 Å². The Balaban J connectivity index is 2.09. The standard InChI is InChI=1S/C14H11Cl2N7O2/c1-22-13(25)9(7-3-5-8(15)6-4-7)10(16)11(19-22)12(24)17-14-18-20-21-23(14)2/h3-6H,1-2H3,(H,17,18,21,24). The molecular formula is C14H11Cl2N7O2. The lowest BCUT2D eigenvalue weighted by molar-refractivity contribution is 0.101. The van der Waals surface area contributed by atoms with E-state index in [1.54, 1.807) is 31.3 Å². The fourth-order valence-corrected chi connectivity index (χ4v) is 2.56. The summed E-state index contributed by atoms with van der Waals surface area (Å²) in [6.45, 7) is 0. The van der Waals surface area contributed by atoms with E-state index in [1.165, 1.54) is 11.7 Å². The van der Waals surface area contributed by atoms with Crippen LogP contribution >= 0.6 is 23.2 Å². The van der Waals surface area contributed by atoms with Crippen molar-refractivity contribution in [2.75, 3.05) is 5.32 Å². The number of halogens is 2. The summed E-state index contributed by atoms with van der Waals surface area (Å²) >= 11 is 12.2. The van der Waals surface area contributed by atoms with Crippen LogP contribution in [0.5, 0.6) is 0 Å². The van der Waals surface area contributed by atoms with Gasteiger partial charge in [-0.3, -0.25) is 14.9 Å². The Morgan fingerprint density at radius 2 is 1.80 bits per heavy atom. The van der Waals surface area contributed by atoms with Gasteiger partial charge in [0, 0.05) is 19.1 Å². The molecule has 3 rings (SSSR count). The van der Waals surface area contributed by atoms with E-state index in [-0.39, 0.29) is 22.2 Å². The molecule has 0 radical (unpaired) electrons. The van der Waals surface area contributed by atoms with Gasteiger partial charge in [0.2, 0.25) is 5.95 Å². The molecule has 0 atom stereocenters. The topological polar surface area (TPSA) is 108 Å². The minimum atomic E-state index is -0.645. The van der Waals surface area contributed by atoms with Crippen molar-refractivity contribution in [1.29, 1.82) is 0 Å². The van der Waals surface area contributed by atoms with Crippen molar-refractivity contribution in [3.63, 3.8) is 0 Å². The summed E-state index contributed by atoms with van der Waals surface area (Å²) in [6, 6.07) is 6.52. The van der Waals surface area contributed by atoms with Gasteiger partial charge in [0.05, 0.1) is 10.6 Å². The zero-order valence-electron chi connectivity index (χ0n) is 13.1. The number of carbonyl (C=O) groups excluding carboxylic acids is 1. The molecule has 2 aromatic heterocycles. The monoisotopic (exact) mass is 379 g/mol. The van der Waals surface area contributed by atoms with E-state index in [1.807, 2.05) is 0 Å². The van der Waals surface area contributed by atoms with Crippen LogP contribution in [0.1, 0.15) is 10.5 Å². The number of hydrogen-bond donors (Lipinski definition) is 1. The largest absolute Gasteiger partial charge is 0.288 e. The van der Waals surface area contributed by atoms with Crippen molar-refractivity contribution >= 4 is 35.1 Å². The summed E-state index contributed by atoms with van der Waals surface area (Å²) in [6.07, 6.45) is 0. The summed E-state index contributed by atoms with van der Waals surface area (Å²) in [5, 5.41) is 17.6. The van der Waals surface area contributed by atoms with Gasteiger partial charge in [-0.2, -0.15) is 5.10 Å². The van der Waals surface area contributed by atoms with Crippen molar-refractivity contribution in [2.45, 2.75) is 0 Å². The highest BCUT2D eigenvalue weighted by molar-refractivity contribution is 6.36. The van der Waals surface area contributed by atoms with Crippen molar-refractivity contribution in [1.82, 2.24) is 30.0 Å². The van der Waals surface area contributed by atoms with Gasteiger partial charge in [-0.05, 0) is 28.1 Å². The van der Waals surface area contributed by atoms with E-state index in [4.69, 9.17) is 23.2 Å². The Morgan fingerprint density at radius 3 is 2.40 bits per heavy atom. The van der Waals surface area contributed by atoms with Gasteiger partial charge in [-0.1, -0.05) is 40.4 Å². The van der Waals surface area contributed by atoms with Crippen LogP contribution in [0.4, 0.5) is 5.95 Å². The third-order valence-electron chi connectivity index (χ3n) is 3.38. The number of benzene rings is 1. The van der Waals surface area contributed by atoms with Crippen LogP contribution in [-0.2, 0) is 14.1 Å². The zero-order chi connectivity index (χ0) is 18.1. The number of carbonyl (C=O) groups is 1. The minimum Gasteiger partial charge on any atom is -0.288 e. The lowest BCUT2D eigenvalue weighted by atomic mass is 10.1. The normalized spacial score (nSPS) is 10.7. The Morgan fingerprint density at radius 1 is 1.12 bits per heavy atom. The van der Waals surface area contributed by atoms with Gasteiger partial charge in [-0.15, -0.1) is 0 Å². The fraction of sp³-hybridized carbons (Fsp3) is 0.143. The number of hydrogen-bond acceptors (Lipinski definition) is 6. The number of aryl methyl sites for hydroxylation is 2.